The summed E-state index contributed by atoms with van der Waals surface area (Å²) >= 11 is 0. The molecule has 1 amide bonds. The molecule has 2 aromatic heterocycles. The van der Waals surface area contributed by atoms with E-state index >= 15 is 0 Å². The van der Waals surface area contributed by atoms with Crippen LogP contribution in [0.25, 0.3) is 16.7 Å². The van der Waals surface area contributed by atoms with Gasteiger partial charge in [0.1, 0.15) is 6.54 Å². The first kappa shape index (κ1) is 23.6. The highest BCUT2D eigenvalue weighted by Crippen LogP contribution is 2.18. The molecule has 0 aliphatic rings. The van der Waals surface area contributed by atoms with Gasteiger partial charge >= 0.3 is 11.7 Å². The Hall–Kier alpha value is -4.53. The van der Waals surface area contributed by atoms with Gasteiger partial charge in [0.25, 0.3) is 5.56 Å². The Labute approximate surface area is 200 Å². The number of nitrogens with zero attached hydrogens (tertiary/aromatic N) is 3. The van der Waals surface area contributed by atoms with Gasteiger partial charge in [-0.3, -0.25) is 9.59 Å². The molecule has 0 saturated carbocycles. The number of carbonyl (C=O) groups excluding carboxylic acids is 2. The third kappa shape index (κ3) is 4.48. The summed E-state index contributed by atoms with van der Waals surface area (Å²) in [5.74, 6) is -1.31. The SMILES string of the molecule is COC(=O)c1cc(C)nc2c1c(=O)n(CC(=O)Nc1ccc(C)c(C)c1)c(=O)n2-c1ccccc1. The topological polar surface area (TPSA) is 112 Å². The number of fused-ring (bicyclic) bond motifs is 1. The monoisotopic (exact) mass is 472 g/mol. The molecule has 0 atom stereocenters. The number of anilines is 1. The molecule has 0 saturated heterocycles. The molecule has 0 unspecified atom stereocenters. The van der Waals surface area contributed by atoms with E-state index in [1.54, 1.807) is 49.4 Å². The number of hydrogen-bond acceptors (Lipinski definition) is 6. The zero-order chi connectivity index (χ0) is 25.3. The number of rotatable bonds is 5. The highest BCUT2D eigenvalue weighted by molar-refractivity contribution is 6.02. The second kappa shape index (κ2) is 9.38. The summed E-state index contributed by atoms with van der Waals surface area (Å²) in [6.45, 7) is 4.97. The minimum Gasteiger partial charge on any atom is -0.465 e. The zero-order valence-electron chi connectivity index (χ0n) is 19.8. The summed E-state index contributed by atoms with van der Waals surface area (Å²) in [6.07, 6.45) is 0. The highest BCUT2D eigenvalue weighted by atomic mass is 16.5. The van der Waals surface area contributed by atoms with Crippen LogP contribution in [0.5, 0.6) is 0 Å². The second-order valence-electron chi connectivity index (χ2n) is 8.19. The molecule has 0 spiro atoms. The van der Waals surface area contributed by atoms with Crippen LogP contribution < -0.4 is 16.6 Å². The van der Waals surface area contributed by atoms with Gasteiger partial charge < -0.3 is 10.1 Å². The van der Waals surface area contributed by atoms with E-state index < -0.39 is 29.7 Å². The predicted molar refractivity (Wildman–Crippen MR) is 132 cm³/mol. The molecule has 0 bridgehead atoms. The average molecular weight is 473 g/mol. The van der Waals surface area contributed by atoms with Crippen LogP contribution in [0.1, 0.15) is 27.2 Å². The van der Waals surface area contributed by atoms with Crippen LogP contribution in [-0.2, 0) is 16.1 Å². The first-order chi connectivity index (χ1) is 16.7. The molecule has 0 fully saturated rings. The molecule has 9 heteroatoms. The van der Waals surface area contributed by atoms with Gasteiger partial charge in [0.15, 0.2) is 5.65 Å². The number of esters is 1. The lowest BCUT2D eigenvalue weighted by atomic mass is 10.1. The first-order valence-corrected chi connectivity index (χ1v) is 10.9. The van der Waals surface area contributed by atoms with Crippen molar-refractivity contribution in [2.45, 2.75) is 27.3 Å². The van der Waals surface area contributed by atoms with E-state index in [0.29, 0.717) is 17.1 Å². The minimum absolute atomic E-state index is 0.0115. The molecule has 2 aromatic carbocycles. The second-order valence-corrected chi connectivity index (χ2v) is 8.19. The average Bonchev–Trinajstić information content (AvgIpc) is 2.83. The fourth-order valence-corrected chi connectivity index (χ4v) is 3.85. The van der Waals surface area contributed by atoms with Crippen molar-refractivity contribution in [2.24, 2.45) is 0 Å². The van der Waals surface area contributed by atoms with E-state index in [1.807, 2.05) is 19.9 Å². The summed E-state index contributed by atoms with van der Waals surface area (Å²) in [5.41, 5.74) is 1.87. The number of benzene rings is 2. The van der Waals surface area contributed by atoms with Gasteiger partial charge in [-0.05, 0) is 62.2 Å². The van der Waals surface area contributed by atoms with Gasteiger partial charge in [0, 0.05) is 11.4 Å². The maximum atomic E-state index is 13.5. The van der Waals surface area contributed by atoms with Gasteiger partial charge in [-0.1, -0.05) is 24.3 Å². The minimum atomic E-state index is -0.805. The Bertz CT molecular complexity index is 1590. The van der Waals surface area contributed by atoms with Crippen molar-refractivity contribution in [1.82, 2.24) is 14.1 Å². The lowest BCUT2D eigenvalue weighted by Crippen LogP contribution is -2.43. The Balaban J connectivity index is 1.93. The van der Waals surface area contributed by atoms with Crippen LogP contribution in [-0.4, -0.2) is 33.1 Å². The van der Waals surface area contributed by atoms with Gasteiger partial charge in [-0.25, -0.2) is 23.7 Å². The Morgan fingerprint density at radius 3 is 2.34 bits per heavy atom. The van der Waals surface area contributed by atoms with Crippen LogP contribution in [0.4, 0.5) is 5.69 Å². The van der Waals surface area contributed by atoms with Crippen molar-refractivity contribution < 1.29 is 14.3 Å². The number of para-hydroxylation sites is 1. The highest BCUT2D eigenvalue weighted by Gasteiger charge is 2.23. The van der Waals surface area contributed by atoms with Crippen LogP contribution in [0, 0.1) is 20.8 Å². The third-order valence-corrected chi connectivity index (χ3v) is 5.73. The number of aryl methyl sites for hydroxylation is 3. The van der Waals surface area contributed by atoms with Crippen LogP contribution in [0.2, 0.25) is 0 Å². The van der Waals surface area contributed by atoms with E-state index in [4.69, 9.17) is 4.74 Å². The van der Waals surface area contributed by atoms with Crippen molar-refractivity contribution >= 4 is 28.6 Å². The van der Waals surface area contributed by atoms with Crippen LogP contribution >= 0.6 is 0 Å². The molecule has 9 nitrogen and oxygen atoms in total. The zero-order valence-corrected chi connectivity index (χ0v) is 19.8. The largest absolute Gasteiger partial charge is 0.465 e. The Morgan fingerprint density at radius 2 is 1.69 bits per heavy atom. The van der Waals surface area contributed by atoms with Crippen molar-refractivity contribution in [1.29, 1.82) is 0 Å². The van der Waals surface area contributed by atoms with E-state index in [-0.39, 0.29) is 16.6 Å². The van der Waals surface area contributed by atoms with Gasteiger partial charge in [0.05, 0.1) is 23.7 Å². The van der Waals surface area contributed by atoms with Crippen molar-refractivity contribution in [3.05, 3.63) is 97.8 Å². The predicted octanol–water partition coefficient (Wildman–Crippen LogP) is 2.90. The van der Waals surface area contributed by atoms with E-state index in [1.165, 1.54) is 17.7 Å². The maximum absolute atomic E-state index is 13.5. The molecule has 0 radical (unpaired) electrons. The number of pyridine rings is 1. The number of methoxy groups -OCH3 is 1. The molecule has 178 valence electrons. The summed E-state index contributed by atoms with van der Waals surface area (Å²) in [5, 5.41) is 2.62. The van der Waals surface area contributed by atoms with Gasteiger partial charge in [-0.15, -0.1) is 0 Å². The molecule has 1 N–H and O–H groups in total. The number of amides is 1. The van der Waals surface area contributed by atoms with Gasteiger partial charge in [-0.2, -0.15) is 0 Å². The van der Waals surface area contributed by atoms with Crippen molar-refractivity contribution in [3.8, 4) is 5.69 Å². The quantitative estimate of drug-likeness (QED) is 0.447. The standard InChI is InChI=1S/C26H24N4O5/c1-15-10-11-18(12-16(15)2)28-21(31)14-29-24(32)22-20(25(33)35-4)13-17(3)27-23(22)30(26(29)34)19-8-6-5-7-9-19/h5-13H,14H2,1-4H3,(H,28,31). The van der Waals surface area contributed by atoms with Crippen LogP contribution in [0.3, 0.4) is 0 Å². The molecular weight excluding hydrogens is 448 g/mol. The van der Waals surface area contributed by atoms with E-state index in [9.17, 15) is 19.2 Å². The van der Waals surface area contributed by atoms with Crippen molar-refractivity contribution in [2.75, 3.05) is 12.4 Å². The molecule has 35 heavy (non-hydrogen) atoms. The summed E-state index contributed by atoms with van der Waals surface area (Å²) in [7, 11) is 1.20. The molecule has 0 aliphatic heterocycles. The van der Waals surface area contributed by atoms with Crippen LogP contribution in [0.15, 0.2) is 64.2 Å². The first-order valence-electron chi connectivity index (χ1n) is 10.9. The number of hydrogen-bond donors (Lipinski definition) is 1. The molecular formula is C26H24N4O5. The molecule has 2 heterocycles. The lowest BCUT2D eigenvalue weighted by molar-refractivity contribution is -0.116. The maximum Gasteiger partial charge on any atom is 0.338 e. The number of nitrogens with one attached hydrogen (secondary N) is 1. The normalized spacial score (nSPS) is 10.9. The summed E-state index contributed by atoms with van der Waals surface area (Å²) in [4.78, 5) is 56.8. The summed E-state index contributed by atoms with van der Waals surface area (Å²) < 4.78 is 6.89. The van der Waals surface area contributed by atoms with E-state index in [2.05, 4.69) is 10.3 Å². The fraction of sp³-hybridized carbons (Fsp3) is 0.192. The molecule has 0 aliphatic carbocycles. The Kier molecular flexibility index (Phi) is 6.33. The van der Waals surface area contributed by atoms with E-state index in [0.717, 1.165) is 15.7 Å². The number of carbonyl (C=O) groups is 2. The lowest BCUT2D eigenvalue weighted by Gasteiger charge is -2.16. The smallest absolute Gasteiger partial charge is 0.338 e. The van der Waals surface area contributed by atoms with Crippen molar-refractivity contribution in [3.63, 3.8) is 0 Å². The number of ether oxygens (including phenoxy) is 1. The molecule has 4 aromatic rings. The Morgan fingerprint density at radius 1 is 0.971 bits per heavy atom. The third-order valence-electron chi connectivity index (χ3n) is 5.73. The fourth-order valence-electron chi connectivity index (χ4n) is 3.85. The number of aromatic nitrogens is 3. The van der Waals surface area contributed by atoms with Gasteiger partial charge in [0.2, 0.25) is 5.91 Å². The molecule has 4 rings (SSSR count). The summed E-state index contributed by atoms with van der Waals surface area (Å²) in [6, 6.07) is 15.4.